The Kier molecular flexibility index (Phi) is 3.35. The third kappa shape index (κ3) is 2.36. The van der Waals surface area contributed by atoms with E-state index in [9.17, 15) is 4.79 Å². The lowest BCUT2D eigenvalue weighted by molar-refractivity contribution is -0.0701. The zero-order valence-corrected chi connectivity index (χ0v) is 11.9. The Morgan fingerprint density at radius 2 is 2.35 bits per heavy atom. The zero-order valence-electron chi connectivity index (χ0n) is 11.1. The first-order valence-corrected chi connectivity index (χ1v) is 7.39. The number of hydrogen-bond acceptors (Lipinski definition) is 5. The zero-order chi connectivity index (χ0) is 14.2. The standard InChI is InChI=1S/C14H15NO4S/c1-14(4-2-3-5-19-14)13-15-10(8-20-13)11-6-9(7-18-11)12(16)17/h6-8H,2-5H2,1H3,(H,16,17). The van der Waals surface area contributed by atoms with Gasteiger partial charge in [-0.3, -0.25) is 0 Å². The summed E-state index contributed by atoms with van der Waals surface area (Å²) in [6.45, 7) is 2.81. The number of carboxylic acids is 1. The van der Waals surface area contributed by atoms with E-state index < -0.39 is 5.97 Å². The Balaban J connectivity index is 1.87. The minimum atomic E-state index is -1.00. The van der Waals surface area contributed by atoms with Crippen molar-refractivity contribution >= 4 is 17.3 Å². The fourth-order valence-corrected chi connectivity index (χ4v) is 3.27. The van der Waals surface area contributed by atoms with Gasteiger partial charge in [-0.15, -0.1) is 11.3 Å². The number of carbonyl (C=O) groups is 1. The molecule has 2 aromatic heterocycles. The van der Waals surface area contributed by atoms with Crippen molar-refractivity contribution < 1.29 is 19.1 Å². The highest BCUT2D eigenvalue weighted by atomic mass is 32.1. The number of rotatable bonds is 3. The summed E-state index contributed by atoms with van der Waals surface area (Å²) in [6, 6.07) is 1.49. The molecule has 0 spiro atoms. The minimum Gasteiger partial charge on any atom is -0.478 e. The molecule has 3 rings (SSSR count). The maximum atomic E-state index is 10.9. The molecule has 0 aromatic carbocycles. The molecule has 0 saturated carbocycles. The van der Waals surface area contributed by atoms with E-state index in [1.165, 1.54) is 23.7 Å². The van der Waals surface area contributed by atoms with Gasteiger partial charge in [-0.2, -0.15) is 0 Å². The van der Waals surface area contributed by atoms with Crippen LogP contribution in [0.1, 0.15) is 41.6 Å². The number of nitrogens with zero attached hydrogens (tertiary/aromatic N) is 1. The molecule has 1 N–H and O–H groups in total. The maximum Gasteiger partial charge on any atom is 0.338 e. The molecule has 3 heterocycles. The van der Waals surface area contributed by atoms with E-state index in [2.05, 4.69) is 11.9 Å². The van der Waals surface area contributed by atoms with Crippen LogP contribution < -0.4 is 0 Å². The summed E-state index contributed by atoms with van der Waals surface area (Å²) in [5.74, 6) is -0.526. The van der Waals surface area contributed by atoms with Gasteiger partial charge < -0.3 is 14.3 Å². The van der Waals surface area contributed by atoms with Crippen LogP contribution in [-0.4, -0.2) is 22.7 Å². The number of ether oxygens (including phenoxy) is 1. The van der Waals surface area contributed by atoms with Gasteiger partial charge >= 0.3 is 5.97 Å². The van der Waals surface area contributed by atoms with Crippen molar-refractivity contribution in [2.24, 2.45) is 0 Å². The summed E-state index contributed by atoms with van der Waals surface area (Å²) in [6.07, 6.45) is 4.41. The molecule has 1 aliphatic heterocycles. The van der Waals surface area contributed by atoms with E-state index in [0.717, 1.165) is 30.9 Å². The molecule has 0 bridgehead atoms. The molecular formula is C14H15NO4S. The van der Waals surface area contributed by atoms with E-state index in [4.69, 9.17) is 14.3 Å². The fourth-order valence-electron chi connectivity index (χ4n) is 2.32. The third-order valence-electron chi connectivity index (χ3n) is 3.52. The number of furan rings is 1. The van der Waals surface area contributed by atoms with Gasteiger partial charge in [0.25, 0.3) is 0 Å². The second-order valence-corrected chi connectivity index (χ2v) is 5.94. The highest BCUT2D eigenvalue weighted by Gasteiger charge is 2.33. The molecule has 0 amide bonds. The van der Waals surface area contributed by atoms with Gasteiger partial charge in [0, 0.05) is 18.1 Å². The second kappa shape index (κ2) is 5.03. The van der Waals surface area contributed by atoms with Crippen LogP contribution >= 0.6 is 11.3 Å². The Morgan fingerprint density at radius 3 is 3.00 bits per heavy atom. The summed E-state index contributed by atoms with van der Waals surface area (Å²) >= 11 is 1.52. The van der Waals surface area contributed by atoms with Gasteiger partial charge in [-0.05, 0) is 26.2 Å². The van der Waals surface area contributed by atoms with Crippen molar-refractivity contribution in [2.75, 3.05) is 6.61 Å². The molecule has 1 atom stereocenters. The van der Waals surface area contributed by atoms with Crippen molar-refractivity contribution in [3.05, 3.63) is 28.3 Å². The van der Waals surface area contributed by atoms with Crippen molar-refractivity contribution in [1.82, 2.24) is 4.98 Å². The third-order valence-corrected chi connectivity index (χ3v) is 4.61. The summed E-state index contributed by atoms with van der Waals surface area (Å²) < 4.78 is 11.1. The van der Waals surface area contributed by atoms with Gasteiger partial charge in [0.2, 0.25) is 0 Å². The molecule has 20 heavy (non-hydrogen) atoms. The van der Waals surface area contributed by atoms with Crippen LogP contribution in [0.25, 0.3) is 11.5 Å². The van der Waals surface area contributed by atoms with E-state index in [0.29, 0.717) is 11.5 Å². The average molecular weight is 293 g/mol. The molecule has 1 aliphatic rings. The fraction of sp³-hybridized carbons (Fsp3) is 0.429. The molecule has 0 radical (unpaired) electrons. The summed E-state index contributed by atoms with van der Waals surface area (Å²) in [5.41, 5.74) is 0.464. The first-order valence-electron chi connectivity index (χ1n) is 6.51. The number of thiazole rings is 1. The van der Waals surface area contributed by atoms with Crippen molar-refractivity contribution in [3.8, 4) is 11.5 Å². The normalized spacial score (nSPS) is 22.9. The number of aromatic carboxylic acids is 1. The molecule has 2 aromatic rings. The number of hydrogen-bond donors (Lipinski definition) is 1. The lowest BCUT2D eigenvalue weighted by Crippen LogP contribution is -2.29. The van der Waals surface area contributed by atoms with Crippen LogP contribution in [-0.2, 0) is 10.3 Å². The molecule has 5 nitrogen and oxygen atoms in total. The molecule has 1 saturated heterocycles. The van der Waals surface area contributed by atoms with Crippen LogP contribution in [0.3, 0.4) is 0 Å². The topological polar surface area (TPSA) is 72.6 Å². The predicted molar refractivity (Wildman–Crippen MR) is 73.9 cm³/mol. The van der Waals surface area contributed by atoms with Crippen LogP contribution in [0.4, 0.5) is 0 Å². The smallest absolute Gasteiger partial charge is 0.338 e. The Bertz CT molecular complexity index is 625. The van der Waals surface area contributed by atoms with E-state index in [1.807, 2.05) is 5.38 Å². The van der Waals surface area contributed by atoms with Crippen LogP contribution in [0.2, 0.25) is 0 Å². The monoisotopic (exact) mass is 293 g/mol. The van der Waals surface area contributed by atoms with Crippen LogP contribution in [0, 0.1) is 0 Å². The molecular weight excluding hydrogens is 278 g/mol. The molecule has 1 unspecified atom stereocenters. The molecule has 0 aliphatic carbocycles. The Labute approximate surface area is 120 Å². The van der Waals surface area contributed by atoms with Gasteiger partial charge in [-0.1, -0.05) is 0 Å². The van der Waals surface area contributed by atoms with Crippen LogP contribution in [0.15, 0.2) is 22.1 Å². The van der Waals surface area contributed by atoms with Crippen molar-refractivity contribution in [3.63, 3.8) is 0 Å². The first-order chi connectivity index (χ1) is 9.58. The van der Waals surface area contributed by atoms with E-state index in [1.54, 1.807) is 0 Å². The van der Waals surface area contributed by atoms with Crippen LogP contribution in [0.5, 0.6) is 0 Å². The predicted octanol–water partition coefficient (Wildman–Crippen LogP) is 3.52. The van der Waals surface area contributed by atoms with Gasteiger partial charge in [0.15, 0.2) is 5.76 Å². The highest BCUT2D eigenvalue weighted by molar-refractivity contribution is 7.10. The molecule has 6 heteroatoms. The quantitative estimate of drug-likeness (QED) is 0.937. The highest BCUT2D eigenvalue weighted by Crippen LogP contribution is 2.38. The Morgan fingerprint density at radius 1 is 1.50 bits per heavy atom. The second-order valence-electron chi connectivity index (χ2n) is 5.08. The molecule has 1 fully saturated rings. The van der Waals surface area contributed by atoms with Crippen molar-refractivity contribution in [1.29, 1.82) is 0 Å². The lowest BCUT2D eigenvalue weighted by Gasteiger charge is -2.31. The SMILES string of the molecule is CC1(c2nc(-c3cc(C(=O)O)co3)cs2)CCCCO1. The maximum absolute atomic E-state index is 10.9. The average Bonchev–Trinajstić information content (AvgIpc) is 3.09. The lowest BCUT2D eigenvalue weighted by atomic mass is 9.97. The summed E-state index contributed by atoms with van der Waals surface area (Å²) in [5, 5.41) is 11.7. The molecule has 106 valence electrons. The van der Waals surface area contributed by atoms with Gasteiger partial charge in [0.1, 0.15) is 22.6 Å². The number of aromatic nitrogens is 1. The van der Waals surface area contributed by atoms with E-state index >= 15 is 0 Å². The minimum absolute atomic E-state index is 0.134. The van der Waals surface area contributed by atoms with Gasteiger partial charge in [0.05, 0.1) is 5.56 Å². The summed E-state index contributed by atoms with van der Waals surface area (Å²) in [4.78, 5) is 15.4. The summed E-state index contributed by atoms with van der Waals surface area (Å²) in [7, 11) is 0. The Hall–Kier alpha value is -1.66. The van der Waals surface area contributed by atoms with E-state index in [-0.39, 0.29) is 11.2 Å². The van der Waals surface area contributed by atoms with Crippen molar-refractivity contribution in [2.45, 2.75) is 31.8 Å². The van der Waals surface area contributed by atoms with Gasteiger partial charge in [-0.25, -0.2) is 9.78 Å². The number of carboxylic acid groups (broad SMARTS) is 1. The largest absolute Gasteiger partial charge is 0.478 e. The first kappa shape index (κ1) is 13.3.